The van der Waals surface area contributed by atoms with Crippen molar-refractivity contribution in [3.05, 3.63) is 35.5 Å². The Morgan fingerprint density at radius 1 is 1.37 bits per heavy atom. The van der Waals surface area contributed by atoms with Crippen molar-refractivity contribution < 1.29 is 9.18 Å². The van der Waals surface area contributed by atoms with Crippen molar-refractivity contribution in [2.75, 3.05) is 18.0 Å². The third kappa shape index (κ3) is 2.92. The third-order valence-electron chi connectivity index (χ3n) is 5.43. The van der Waals surface area contributed by atoms with E-state index in [9.17, 15) is 9.18 Å². The van der Waals surface area contributed by atoms with Crippen LogP contribution in [-0.4, -0.2) is 49.8 Å². The second kappa shape index (κ2) is 6.04. The molecule has 3 N–H and O–H groups in total. The van der Waals surface area contributed by atoms with Crippen LogP contribution in [0.4, 0.5) is 10.2 Å². The van der Waals surface area contributed by atoms with Gasteiger partial charge in [-0.05, 0) is 25.3 Å². The van der Waals surface area contributed by atoms with E-state index in [-0.39, 0.29) is 5.91 Å². The molecule has 0 saturated heterocycles. The molecule has 8 nitrogen and oxygen atoms in total. The minimum absolute atomic E-state index is 0.256. The number of alkyl halides is 1. The van der Waals surface area contributed by atoms with Gasteiger partial charge in [0.15, 0.2) is 5.69 Å². The highest BCUT2D eigenvalue weighted by Crippen LogP contribution is 2.42. The summed E-state index contributed by atoms with van der Waals surface area (Å²) in [5.74, 6) is 0.584. The average Bonchev–Trinajstić information content (AvgIpc) is 3.10. The monoisotopic (exact) mass is 369 g/mol. The Bertz CT molecular complexity index is 1010. The Labute approximate surface area is 154 Å². The van der Waals surface area contributed by atoms with Crippen LogP contribution in [0.5, 0.6) is 0 Å². The normalized spacial score (nSPS) is 17.7. The molecule has 5 rings (SSSR count). The van der Waals surface area contributed by atoms with Crippen molar-refractivity contribution in [3.63, 3.8) is 0 Å². The number of amides is 1. The molecule has 4 heterocycles. The Hall–Kier alpha value is -2.97. The van der Waals surface area contributed by atoms with E-state index < -0.39 is 5.67 Å². The standard InChI is InChI=1S/C18H20FN7O/c19-18(3-4-18)5-7-21-17(27)14-12-9-26(8-2-13(12)24-25-14)16-11-1-6-20-15(11)22-10-23-16/h1,6,10H,2-5,7-9H2,(H,21,27)(H,24,25)(H,20,22,23). The maximum Gasteiger partial charge on any atom is 0.272 e. The molecule has 0 bridgehead atoms. The number of nitrogens with zero attached hydrogens (tertiary/aromatic N) is 4. The SMILES string of the molecule is O=C(NCCC1(F)CC1)c1n[nH]c2c1CN(c1ncnc3[nH]ccc13)CC2. The number of rotatable bonds is 5. The molecule has 1 fully saturated rings. The molecule has 3 aromatic heterocycles. The average molecular weight is 369 g/mol. The van der Waals surface area contributed by atoms with E-state index in [1.807, 2.05) is 12.3 Å². The van der Waals surface area contributed by atoms with Crippen molar-refractivity contribution in [1.82, 2.24) is 30.5 Å². The molecule has 9 heteroatoms. The van der Waals surface area contributed by atoms with Crippen molar-refractivity contribution in [1.29, 1.82) is 0 Å². The minimum Gasteiger partial charge on any atom is -0.351 e. The second-order valence-electron chi connectivity index (χ2n) is 7.29. The Kier molecular flexibility index (Phi) is 3.63. The molecule has 1 aliphatic heterocycles. The first-order chi connectivity index (χ1) is 13.1. The molecule has 0 radical (unpaired) electrons. The summed E-state index contributed by atoms with van der Waals surface area (Å²) < 4.78 is 13.7. The van der Waals surface area contributed by atoms with Gasteiger partial charge in [-0.15, -0.1) is 0 Å². The van der Waals surface area contributed by atoms with Gasteiger partial charge in [0, 0.05) is 43.5 Å². The molecule has 1 saturated carbocycles. The molecule has 0 atom stereocenters. The van der Waals surface area contributed by atoms with Gasteiger partial charge in [-0.25, -0.2) is 14.4 Å². The molecule has 3 aromatic rings. The van der Waals surface area contributed by atoms with E-state index in [0.717, 1.165) is 41.1 Å². The lowest BCUT2D eigenvalue weighted by Gasteiger charge is -2.28. The highest BCUT2D eigenvalue weighted by molar-refractivity contribution is 5.94. The number of H-pyrrole nitrogens is 2. The molecule has 0 spiro atoms. The fraction of sp³-hybridized carbons (Fsp3) is 0.444. The Morgan fingerprint density at radius 3 is 3.11 bits per heavy atom. The van der Waals surface area contributed by atoms with Crippen LogP contribution >= 0.6 is 0 Å². The van der Waals surface area contributed by atoms with Gasteiger partial charge < -0.3 is 15.2 Å². The van der Waals surface area contributed by atoms with Crippen LogP contribution in [-0.2, 0) is 13.0 Å². The molecule has 1 aliphatic carbocycles. The molecular formula is C18H20FN7O. The molecular weight excluding hydrogens is 349 g/mol. The third-order valence-corrected chi connectivity index (χ3v) is 5.43. The first-order valence-corrected chi connectivity index (χ1v) is 9.19. The lowest BCUT2D eigenvalue weighted by Crippen LogP contribution is -2.33. The maximum absolute atomic E-state index is 13.7. The topological polar surface area (TPSA) is 103 Å². The number of aromatic nitrogens is 5. The fourth-order valence-electron chi connectivity index (χ4n) is 3.64. The molecule has 0 unspecified atom stereocenters. The first-order valence-electron chi connectivity index (χ1n) is 9.19. The fourth-order valence-corrected chi connectivity index (χ4v) is 3.64. The van der Waals surface area contributed by atoms with Crippen LogP contribution in [0.2, 0.25) is 0 Å². The molecule has 27 heavy (non-hydrogen) atoms. The summed E-state index contributed by atoms with van der Waals surface area (Å²) >= 11 is 0. The van der Waals surface area contributed by atoms with Gasteiger partial charge in [0.2, 0.25) is 0 Å². The smallest absolute Gasteiger partial charge is 0.272 e. The zero-order chi connectivity index (χ0) is 18.4. The molecule has 2 aliphatic rings. The molecule has 0 aromatic carbocycles. The van der Waals surface area contributed by atoms with Crippen LogP contribution in [0.15, 0.2) is 18.6 Å². The number of carbonyl (C=O) groups is 1. The van der Waals surface area contributed by atoms with E-state index in [1.54, 1.807) is 0 Å². The van der Waals surface area contributed by atoms with Crippen LogP contribution in [0.25, 0.3) is 11.0 Å². The van der Waals surface area contributed by atoms with Crippen LogP contribution in [0.1, 0.15) is 41.0 Å². The zero-order valence-electron chi connectivity index (χ0n) is 14.8. The van der Waals surface area contributed by atoms with Crippen molar-refractivity contribution in [3.8, 4) is 0 Å². The van der Waals surface area contributed by atoms with Crippen LogP contribution < -0.4 is 10.2 Å². The lowest BCUT2D eigenvalue weighted by atomic mass is 10.0. The van der Waals surface area contributed by atoms with E-state index in [0.29, 0.717) is 38.0 Å². The number of halogens is 1. The number of nitrogens with one attached hydrogen (secondary N) is 3. The van der Waals surface area contributed by atoms with Gasteiger partial charge in [0.1, 0.15) is 23.5 Å². The van der Waals surface area contributed by atoms with Crippen molar-refractivity contribution in [2.24, 2.45) is 0 Å². The highest BCUT2D eigenvalue weighted by atomic mass is 19.1. The predicted molar refractivity (Wildman–Crippen MR) is 97.3 cm³/mol. The van der Waals surface area contributed by atoms with Gasteiger partial charge in [-0.1, -0.05) is 0 Å². The zero-order valence-corrected chi connectivity index (χ0v) is 14.8. The lowest BCUT2D eigenvalue weighted by molar-refractivity contribution is 0.0943. The summed E-state index contributed by atoms with van der Waals surface area (Å²) in [6, 6.07) is 1.95. The van der Waals surface area contributed by atoms with E-state index in [1.165, 1.54) is 6.33 Å². The first kappa shape index (κ1) is 16.2. The number of anilines is 1. The summed E-state index contributed by atoms with van der Waals surface area (Å²) in [5.41, 5.74) is 1.96. The van der Waals surface area contributed by atoms with Crippen LogP contribution in [0, 0.1) is 0 Å². The van der Waals surface area contributed by atoms with E-state index >= 15 is 0 Å². The van der Waals surface area contributed by atoms with Gasteiger partial charge in [0.05, 0.1) is 5.39 Å². The predicted octanol–water partition coefficient (Wildman–Crippen LogP) is 1.87. The number of carbonyl (C=O) groups excluding carboxylic acids is 1. The summed E-state index contributed by atoms with van der Waals surface area (Å²) in [6.45, 7) is 1.65. The number of aromatic amines is 2. The van der Waals surface area contributed by atoms with Crippen molar-refractivity contribution in [2.45, 2.75) is 37.9 Å². The number of hydrogen-bond acceptors (Lipinski definition) is 5. The van der Waals surface area contributed by atoms with Gasteiger partial charge in [-0.2, -0.15) is 5.10 Å². The van der Waals surface area contributed by atoms with Crippen LogP contribution in [0.3, 0.4) is 0 Å². The maximum atomic E-state index is 13.7. The molecule has 1 amide bonds. The van der Waals surface area contributed by atoms with Gasteiger partial charge in [0.25, 0.3) is 5.91 Å². The minimum atomic E-state index is -1.07. The summed E-state index contributed by atoms with van der Waals surface area (Å²) in [6.07, 6.45) is 5.69. The van der Waals surface area contributed by atoms with E-state index in [2.05, 4.69) is 35.4 Å². The second-order valence-corrected chi connectivity index (χ2v) is 7.29. The largest absolute Gasteiger partial charge is 0.351 e. The van der Waals surface area contributed by atoms with Crippen molar-refractivity contribution >= 4 is 22.8 Å². The highest BCUT2D eigenvalue weighted by Gasteiger charge is 2.42. The van der Waals surface area contributed by atoms with Gasteiger partial charge in [-0.3, -0.25) is 9.89 Å². The number of fused-ring (bicyclic) bond motifs is 2. The summed E-state index contributed by atoms with van der Waals surface area (Å²) in [4.78, 5) is 26.4. The number of hydrogen-bond donors (Lipinski definition) is 3. The van der Waals surface area contributed by atoms with E-state index in [4.69, 9.17) is 0 Å². The summed E-state index contributed by atoms with van der Waals surface area (Å²) in [5, 5.41) is 10.9. The van der Waals surface area contributed by atoms with Gasteiger partial charge >= 0.3 is 0 Å². The Balaban J connectivity index is 1.35. The quantitative estimate of drug-likeness (QED) is 0.637. The summed E-state index contributed by atoms with van der Waals surface area (Å²) in [7, 11) is 0. The Morgan fingerprint density at radius 2 is 2.26 bits per heavy atom. The molecule has 140 valence electrons.